The molecule has 1 aromatic carbocycles. The highest BCUT2D eigenvalue weighted by molar-refractivity contribution is 5.46. The first kappa shape index (κ1) is 38.6. The number of rotatable bonds is 12. The number of hydrogen-bond donors (Lipinski definition) is 2. The highest BCUT2D eigenvalue weighted by atomic mass is 16.5. The Bertz CT molecular complexity index is 631. The lowest BCUT2D eigenvalue weighted by Crippen LogP contribution is -2.47. The molecule has 1 aliphatic heterocycles. The molecule has 1 fully saturated rings. The predicted molar refractivity (Wildman–Crippen MR) is 164 cm³/mol. The Morgan fingerprint density at radius 2 is 1.42 bits per heavy atom. The lowest BCUT2D eigenvalue weighted by Gasteiger charge is -2.36. The Morgan fingerprint density at radius 3 is 1.84 bits per heavy atom. The van der Waals surface area contributed by atoms with E-state index < -0.39 is 0 Å². The van der Waals surface area contributed by atoms with E-state index in [2.05, 4.69) is 104 Å². The summed E-state index contributed by atoms with van der Waals surface area (Å²) in [6, 6.07) is 12.0. The molecule has 1 aromatic rings. The second kappa shape index (κ2) is 24.5. The summed E-state index contributed by atoms with van der Waals surface area (Å²) in [4.78, 5) is 14.7. The summed E-state index contributed by atoms with van der Waals surface area (Å²) in [7, 11) is 3.25. The van der Waals surface area contributed by atoms with Crippen molar-refractivity contribution in [3.8, 4) is 0 Å². The van der Waals surface area contributed by atoms with Crippen LogP contribution in [-0.4, -0.2) is 93.5 Å². The van der Waals surface area contributed by atoms with Gasteiger partial charge in [-0.2, -0.15) is 0 Å². The number of ether oxygens (including phenoxy) is 2. The van der Waals surface area contributed by atoms with Gasteiger partial charge in [-0.3, -0.25) is 9.69 Å². The highest BCUT2D eigenvalue weighted by Gasteiger charge is 2.23. The summed E-state index contributed by atoms with van der Waals surface area (Å²) in [6.45, 7) is 26.7. The number of nitrogens with one attached hydrogen (secondary N) is 2. The predicted octanol–water partition coefficient (Wildman–Crippen LogP) is 5.20. The van der Waals surface area contributed by atoms with Crippen LogP contribution in [0.15, 0.2) is 30.3 Å². The second-order valence-corrected chi connectivity index (χ2v) is 11.2. The highest BCUT2D eigenvalue weighted by Crippen LogP contribution is 2.17. The van der Waals surface area contributed by atoms with E-state index in [4.69, 9.17) is 4.74 Å². The van der Waals surface area contributed by atoms with Crippen LogP contribution in [0.3, 0.4) is 0 Å². The van der Waals surface area contributed by atoms with Crippen molar-refractivity contribution in [1.29, 1.82) is 0 Å². The molecule has 1 aliphatic rings. The Balaban J connectivity index is 0. The average Bonchev–Trinajstić information content (AvgIpc) is 2.84. The quantitative estimate of drug-likeness (QED) is 0.357. The van der Waals surface area contributed by atoms with Gasteiger partial charge in [0.25, 0.3) is 0 Å². The molecule has 0 bridgehead atoms. The number of hydrogen-bond acceptors (Lipinski definition) is 6. The van der Waals surface area contributed by atoms with Crippen LogP contribution in [0.5, 0.6) is 0 Å². The minimum Gasteiger partial charge on any atom is -0.388 e. The summed E-state index contributed by atoms with van der Waals surface area (Å²) in [5, 5.41) is 6.03. The molecule has 1 amide bonds. The zero-order valence-electron chi connectivity index (χ0n) is 26.7. The number of carbonyl (C=O) groups is 1. The molecule has 1 saturated heterocycles. The molecule has 1 atom stereocenters. The van der Waals surface area contributed by atoms with Gasteiger partial charge in [-0.25, -0.2) is 0 Å². The summed E-state index contributed by atoms with van der Waals surface area (Å²) >= 11 is 0. The molecule has 38 heavy (non-hydrogen) atoms. The molecular formula is C31H62N4O3. The monoisotopic (exact) mass is 538 g/mol. The van der Waals surface area contributed by atoms with Gasteiger partial charge in [-0.05, 0) is 46.6 Å². The fraction of sp³-hybridized carbons (Fsp3) is 0.774. The summed E-state index contributed by atoms with van der Waals surface area (Å²) in [5.41, 5.74) is 1.35. The van der Waals surface area contributed by atoms with E-state index in [-0.39, 0.29) is 11.6 Å². The van der Waals surface area contributed by atoms with Gasteiger partial charge in [-0.1, -0.05) is 64.4 Å². The van der Waals surface area contributed by atoms with E-state index in [1.165, 1.54) is 12.0 Å². The van der Waals surface area contributed by atoms with Crippen molar-refractivity contribution in [2.75, 3.05) is 53.6 Å². The van der Waals surface area contributed by atoms with Crippen LogP contribution in [0.4, 0.5) is 0 Å². The first-order chi connectivity index (χ1) is 17.9. The van der Waals surface area contributed by atoms with Crippen LogP contribution in [0.1, 0.15) is 80.7 Å². The van der Waals surface area contributed by atoms with Crippen LogP contribution in [-0.2, 0) is 20.8 Å². The SMILES string of the molecule is CC(C)NC(C)COC(C)(C)CCN1CCN(Cc2ccccc2)CC1.CC(C)NC=O.CCC.COC. The minimum atomic E-state index is -0.0614. The summed E-state index contributed by atoms with van der Waals surface area (Å²) in [6.07, 6.45) is 3.03. The van der Waals surface area contributed by atoms with Gasteiger partial charge in [0.2, 0.25) is 6.41 Å². The van der Waals surface area contributed by atoms with E-state index in [9.17, 15) is 4.79 Å². The maximum atomic E-state index is 9.50. The van der Waals surface area contributed by atoms with Gasteiger partial charge in [0.15, 0.2) is 0 Å². The fourth-order valence-electron chi connectivity index (χ4n) is 3.62. The number of nitrogens with zero attached hydrogens (tertiary/aromatic N) is 2. The Labute approximate surface area is 236 Å². The molecule has 0 radical (unpaired) electrons. The van der Waals surface area contributed by atoms with Gasteiger partial charge < -0.3 is 25.0 Å². The van der Waals surface area contributed by atoms with E-state index >= 15 is 0 Å². The van der Waals surface area contributed by atoms with Crippen LogP contribution in [0.25, 0.3) is 0 Å². The Morgan fingerprint density at radius 1 is 0.921 bits per heavy atom. The van der Waals surface area contributed by atoms with Crippen molar-refractivity contribution < 1.29 is 14.3 Å². The molecule has 0 saturated carbocycles. The normalized spacial score (nSPS) is 14.9. The third-order valence-corrected chi connectivity index (χ3v) is 5.49. The van der Waals surface area contributed by atoms with Crippen LogP contribution >= 0.6 is 0 Å². The van der Waals surface area contributed by atoms with E-state index in [0.29, 0.717) is 18.5 Å². The van der Waals surface area contributed by atoms with Gasteiger partial charge in [0.05, 0.1) is 12.2 Å². The van der Waals surface area contributed by atoms with Crippen molar-refractivity contribution in [3.05, 3.63) is 35.9 Å². The Hall–Kier alpha value is -1.51. The third-order valence-electron chi connectivity index (χ3n) is 5.49. The lowest BCUT2D eigenvalue weighted by atomic mass is 10.0. The summed E-state index contributed by atoms with van der Waals surface area (Å²) < 4.78 is 10.4. The number of carbonyl (C=O) groups excluding carboxylic acids is 1. The zero-order valence-corrected chi connectivity index (χ0v) is 26.7. The van der Waals surface area contributed by atoms with Gasteiger partial charge in [-0.15, -0.1) is 0 Å². The largest absolute Gasteiger partial charge is 0.388 e. The lowest BCUT2D eigenvalue weighted by molar-refractivity contribution is -0.109. The molecule has 0 spiro atoms. The second-order valence-electron chi connectivity index (χ2n) is 11.2. The molecule has 1 unspecified atom stereocenters. The van der Waals surface area contributed by atoms with Crippen molar-refractivity contribution in [2.24, 2.45) is 0 Å². The first-order valence-electron chi connectivity index (χ1n) is 14.4. The van der Waals surface area contributed by atoms with Gasteiger partial charge in [0.1, 0.15) is 0 Å². The first-order valence-corrected chi connectivity index (χ1v) is 14.4. The maximum Gasteiger partial charge on any atom is 0.207 e. The topological polar surface area (TPSA) is 66.1 Å². The fourth-order valence-corrected chi connectivity index (χ4v) is 3.62. The van der Waals surface area contributed by atoms with E-state index in [0.717, 1.165) is 52.3 Å². The maximum absolute atomic E-state index is 9.50. The van der Waals surface area contributed by atoms with Gasteiger partial charge in [0, 0.05) is 71.6 Å². The molecule has 2 rings (SSSR count). The van der Waals surface area contributed by atoms with E-state index in [1.54, 1.807) is 14.2 Å². The molecule has 2 N–H and O–H groups in total. The Kier molecular flexibility index (Phi) is 24.9. The van der Waals surface area contributed by atoms with Gasteiger partial charge >= 0.3 is 0 Å². The third kappa shape index (κ3) is 24.8. The molecular weight excluding hydrogens is 476 g/mol. The number of benzene rings is 1. The molecule has 0 aromatic heterocycles. The van der Waals surface area contributed by atoms with E-state index in [1.807, 2.05) is 13.8 Å². The summed E-state index contributed by atoms with van der Waals surface area (Å²) in [5.74, 6) is 0. The molecule has 224 valence electrons. The minimum absolute atomic E-state index is 0.0614. The van der Waals surface area contributed by atoms with Crippen LogP contribution in [0.2, 0.25) is 0 Å². The number of amides is 1. The molecule has 7 nitrogen and oxygen atoms in total. The smallest absolute Gasteiger partial charge is 0.207 e. The zero-order chi connectivity index (χ0) is 29.4. The van der Waals surface area contributed by atoms with Crippen molar-refractivity contribution in [2.45, 2.75) is 105 Å². The number of piperazine rings is 1. The molecule has 0 aliphatic carbocycles. The van der Waals surface area contributed by atoms with Crippen molar-refractivity contribution >= 4 is 6.41 Å². The van der Waals surface area contributed by atoms with Crippen molar-refractivity contribution in [1.82, 2.24) is 20.4 Å². The standard InChI is InChI=1S/C22H39N3O.C4H9NO.C3H8.C2H6O/c1-19(2)23-20(3)18-26-22(4,5)11-12-24-13-15-25(16-14-24)17-21-9-7-6-8-10-21;1-4(2)5-3-6;2*1-3-2/h6-10,19-20,23H,11-18H2,1-5H3;3-4H,1-2H3,(H,5,6);3H2,1-2H3;1-2H3. The van der Waals surface area contributed by atoms with Crippen LogP contribution in [0, 0.1) is 0 Å². The molecule has 7 heteroatoms. The average molecular weight is 539 g/mol. The number of methoxy groups -OCH3 is 1. The van der Waals surface area contributed by atoms with Crippen LogP contribution < -0.4 is 10.6 Å². The van der Waals surface area contributed by atoms with Crippen molar-refractivity contribution in [3.63, 3.8) is 0 Å². The molecule has 1 heterocycles.